The average molecular weight is 409 g/mol. The fraction of sp³-hybridized carbons (Fsp3) is 0.533. The van der Waals surface area contributed by atoms with Crippen molar-refractivity contribution in [1.82, 2.24) is 0 Å². The molecule has 0 aromatic rings. The summed E-state index contributed by atoms with van der Waals surface area (Å²) in [5, 5.41) is 0. The van der Waals surface area contributed by atoms with E-state index in [0.29, 0.717) is 0 Å². The van der Waals surface area contributed by atoms with Gasteiger partial charge in [0.25, 0.3) is 0 Å². The van der Waals surface area contributed by atoms with Crippen molar-refractivity contribution in [3.63, 3.8) is 0 Å². The molecule has 0 saturated heterocycles. The normalized spacial score (nSPS) is 24.1. The lowest BCUT2D eigenvalue weighted by Gasteiger charge is -2.17. The second kappa shape index (κ2) is 7.12. The van der Waals surface area contributed by atoms with Crippen molar-refractivity contribution in [2.45, 2.75) is 32.1 Å². The molecule has 2 nitrogen and oxygen atoms in total. The van der Waals surface area contributed by atoms with Gasteiger partial charge in [0.2, 0.25) is 6.10 Å². The molecule has 0 heterocycles. The van der Waals surface area contributed by atoms with Crippen molar-refractivity contribution >= 4 is 29.2 Å². The topological polar surface area (TPSA) is 26.3 Å². The van der Waals surface area contributed by atoms with Crippen LogP contribution in [0.1, 0.15) is 13.8 Å². The molecule has 0 N–H and O–H groups in total. The van der Waals surface area contributed by atoms with Crippen LogP contribution < -0.4 is 0 Å². The molecule has 0 aromatic carbocycles. The molecular weight excluding hydrogens is 397 g/mol. The summed E-state index contributed by atoms with van der Waals surface area (Å²) in [5.74, 6) is -8.45. The van der Waals surface area contributed by atoms with Crippen LogP contribution in [0.5, 0.6) is 0 Å². The van der Waals surface area contributed by atoms with E-state index in [1.54, 1.807) is 13.8 Å². The number of carbonyl (C=O) groups is 1. The Kier molecular flexibility index (Phi) is 6.18. The van der Waals surface area contributed by atoms with Crippen LogP contribution in [0.4, 0.5) is 26.3 Å². The number of alkyl halides is 5. The molecule has 0 spiro atoms. The van der Waals surface area contributed by atoms with Crippen LogP contribution >= 0.6 is 23.2 Å². The number of carbonyl (C=O) groups excluding carboxylic acids is 1. The van der Waals surface area contributed by atoms with Crippen LogP contribution in [-0.4, -0.2) is 24.2 Å². The number of halogens is 8. The van der Waals surface area contributed by atoms with Gasteiger partial charge in [-0.05, 0) is 17.4 Å². The first-order valence-corrected chi connectivity index (χ1v) is 7.43. The molecule has 1 saturated carbocycles. The lowest BCUT2D eigenvalue weighted by atomic mass is 10.1. The lowest BCUT2D eigenvalue weighted by molar-refractivity contribution is -0.259. The zero-order valence-corrected chi connectivity index (χ0v) is 14.3. The largest absolute Gasteiger partial charge is 0.457 e. The van der Waals surface area contributed by atoms with E-state index in [1.165, 1.54) is 12.0 Å². The highest BCUT2D eigenvalue weighted by atomic mass is 35.5. The smallest absolute Gasteiger partial charge is 0.441 e. The van der Waals surface area contributed by atoms with E-state index in [4.69, 9.17) is 29.6 Å². The summed E-state index contributed by atoms with van der Waals surface area (Å²) in [6.07, 6.45) is -3.14. The summed E-state index contributed by atoms with van der Waals surface area (Å²) < 4.78 is 80.0. The number of hydrogen-bond acceptors (Lipinski definition) is 2. The van der Waals surface area contributed by atoms with Gasteiger partial charge in [0.15, 0.2) is 5.83 Å². The Balaban J connectivity index is 2.92. The number of allylic oxidation sites excluding steroid dienone is 2. The van der Waals surface area contributed by atoms with Gasteiger partial charge in [-0.1, -0.05) is 43.0 Å². The van der Waals surface area contributed by atoms with Gasteiger partial charge in [0, 0.05) is 6.08 Å². The summed E-state index contributed by atoms with van der Waals surface area (Å²) in [4.78, 5) is 12.0. The molecule has 1 aliphatic rings. The monoisotopic (exact) mass is 408 g/mol. The molecule has 3 atom stereocenters. The van der Waals surface area contributed by atoms with Crippen molar-refractivity contribution in [1.29, 1.82) is 0 Å². The Morgan fingerprint density at radius 2 is 1.80 bits per heavy atom. The lowest BCUT2D eigenvalue weighted by Crippen LogP contribution is -2.35. The summed E-state index contributed by atoms with van der Waals surface area (Å²) in [6, 6.07) is 0. The molecule has 0 aliphatic heterocycles. The Labute approximate surface area is 149 Å². The molecule has 0 amide bonds. The minimum Gasteiger partial charge on any atom is -0.441 e. The second-order valence-electron chi connectivity index (χ2n) is 5.91. The summed E-state index contributed by atoms with van der Waals surface area (Å²) in [5.41, 5.74) is -0.679. The molecule has 0 aromatic heterocycles. The maximum Gasteiger partial charge on any atom is 0.457 e. The summed E-state index contributed by atoms with van der Waals surface area (Å²) >= 11 is 11.0. The molecule has 0 bridgehead atoms. The third-order valence-electron chi connectivity index (χ3n) is 3.80. The zero-order chi connectivity index (χ0) is 19.8. The Morgan fingerprint density at radius 3 is 2.20 bits per heavy atom. The fourth-order valence-corrected chi connectivity index (χ4v) is 2.54. The van der Waals surface area contributed by atoms with Crippen LogP contribution in [0.15, 0.2) is 22.5 Å². The Morgan fingerprint density at radius 1 is 1.28 bits per heavy atom. The van der Waals surface area contributed by atoms with Crippen LogP contribution in [-0.2, 0) is 9.53 Å². The molecule has 25 heavy (non-hydrogen) atoms. The number of terminal acetylenes is 1. The van der Waals surface area contributed by atoms with Crippen LogP contribution in [0.3, 0.4) is 0 Å². The van der Waals surface area contributed by atoms with Crippen LogP contribution in [0, 0.1) is 29.6 Å². The fourth-order valence-electron chi connectivity index (χ4n) is 2.26. The number of rotatable bonds is 5. The van der Waals surface area contributed by atoms with E-state index in [2.05, 4.69) is 4.74 Å². The maximum atomic E-state index is 13.6. The third-order valence-corrected chi connectivity index (χ3v) is 4.06. The zero-order valence-electron chi connectivity index (χ0n) is 12.8. The first-order chi connectivity index (χ1) is 11.1. The van der Waals surface area contributed by atoms with Gasteiger partial charge in [-0.3, -0.25) is 4.79 Å². The van der Waals surface area contributed by atoms with Gasteiger partial charge in [-0.15, -0.1) is 6.42 Å². The molecular formula is C15H12Cl2F6O2. The molecule has 0 radical (unpaired) electrons. The van der Waals surface area contributed by atoms with Crippen molar-refractivity contribution in [3.8, 4) is 12.3 Å². The minimum atomic E-state index is -6.01. The summed E-state index contributed by atoms with van der Waals surface area (Å²) in [6.45, 7) is 3.26. The maximum absolute atomic E-state index is 13.6. The van der Waals surface area contributed by atoms with E-state index in [1.807, 2.05) is 0 Å². The van der Waals surface area contributed by atoms with Crippen molar-refractivity contribution in [2.75, 3.05) is 0 Å². The SMILES string of the molecule is C#CC(OC(=O)C1C(C=C(Cl)Cl)C1(C)C)C(F)=CC(F)(F)C(F)(F)F. The average Bonchev–Trinajstić information content (AvgIpc) is 2.94. The highest BCUT2D eigenvalue weighted by Crippen LogP contribution is 2.60. The first kappa shape index (κ1) is 21.7. The van der Waals surface area contributed by atoms with Gasteiger partial charge in [-0.2, -0.15) is 22.0 Å². The Bertz CT molecular complexity index is 641. The standard InChI is InChI=1S/C15H12Cl2F6O2/c1-4-9(8(18)6-14(19,20)15(21,22)23)25-12(24)11-7(5-10(16)17)13(11,2)3/h1,5-7,9,11H,2-3H3. The van der Waals surface area contributed by atoms with E-state index >= 15 is 0 Å². The van der Waals surface area contributed by atoms with Crippen LogP contribution in [0.2, 0.25) is 0 Å². The van der Waals surface area contributed by atoms with Crippen molar-refractivity contribution in [3.05, 3.63) is 22.5 Å². The van der Waals surface area contributed by atoms with E-state index in [0.717, 1.165) is 0 Å². The van der Waals surface area contributed by atoms with Crippen molar-refractivity contribution in [2.24, 2.45) is 17.3 Å². The molecule has 1 aliphatic carbocycles. The van der Waals surface area contributed by atoms with Gasteiger partial charge in [0.05, 0.1) is 5.92 Å². The molecule has 1 fully saturated rings. The number of ether oxygens (including phenoxy) is 1. The summed E-state index contributed by atoms with van der Waals surface area (Å²) in [7, 11) is 0. The third kappa shape index (κ3) is 4.85. The van der Waals surface area contributed by atoms with Gasteiger partial charge in [-0.25, -0.2) is 4.39 Å². The van der Waals surface area contributed by atoms with Crippen molar-refractivity contribution < 1.29 is 35.9 Å². The molecule has 3 unspecified atom stereocenters. The van der Waals surface area contributed by atoms with Gasteiger partial charge >= 0.3 is 18.1 Å². The van der Waals surface area contributed by atoms with Gasteiger partial charge < -0.3 is 4.74 Å². The predicted octanol–water partition coefficient (Wildman–Crippen LogP) is 5.17. The molecule has 10 heteroatoms. The predicted molar refractivity (Wildman–Crippen MR) is 79.5 cm³/mol. The van der Waals surface area contributed by atoms with E-state index in [-0.39, 0.29) is 4.49 Å². The first-order valence-electron chi connectivity index (χ1n) is 6.67. The Hall–Kier alpha value is -1.33. The molecule has 1 rings (SSSR count). The second-order valence-corrected chi connectivity index (χ2v) is 6.92. The van der Waals surface area contributed by atoms with E-state index in [9.17, 15) is 31.1 Å². The highest BCUT2D eigenvalue weighted by molar-refractivity contribution is 6.55. The quantitative estimate of drug-likeness (QED) is 0.356. The minimum absolute atomic E-state index is 0.127. The molecule has 140 valence electrons. The van der Waals surface area contributed by atoms with Crippen LogP contribution in [0.25, 0.3) is 0 Å². The number of hydrogen-bond donors (Lipinski definition) is 0. The highest BCUT2D eigenvalue weighted by Gasteiger charge is 2.62. The number of esters is 1. The van der Waals surface area contributed by atoms with Gasteiger partial charge in [0.1, 0.15) is 4.49 Å². The van der Waals surface area contributed by atoms with E-state index < -0.39 is 53.3 Å².